The second-order valence-electron chi connectivity index (χ2n) is 4.41. The van der Waals surface area contributed by atoms with Crippen molar-refractivity contribution in [2.24, 2.45) is 0 Å². The van der Waals surface area contributed by atoms with E-state index in [1.165, 1.54) is 18.2 Å². The Labute approximate surface area is 106 Å². The van der Waals surface area contributed by atoms with Crippen molar-refractivity contribution in [3.63, 3.8) is 0 Å². The predicted molar refractivity (Wildman–Crippen MR) is 70.4 cm³/mol. The van der Waals surface area contributed by atoms with Crippen LogP contribution in [0.1, 0.15) is 25.3 Å². The molecule has 0 heterocycles. The van der Waals surface area contributed by atoms with Gasteiger partial charge in [-0.15, -0.1) is 0 Å². The van der Waals surface area contributed by atoms with Gasteiger partial charge in [0, 0.05) is 0 Å². The van der Waals surface area contributed by atoms with Crippen LogP contribution in [-0.2, 0) is 6.42 Å². The number of aryl methyl sites for hydroxylation is 1. The maximum absolute atomic E-state index is 13.3. The molecule has 0 saturated carbocycles. The molecule has 2 heteroatoms. The Balaban J connectivity index is 2.39. The molecule has 0 bridgehead atoms. The molecule has 0 nitrogen and oxygen atoms in total. The van der Waals surface area contributed by atoms with Gasteiger partial charge in [-0.1, -0.05) is 31.5 Å². The van der Waals surface area contributed by atoms with Crippen molar-refractivity contribution >= 4 is 0 Å². The van der Waals surface area contributed by atoms with Gasteiger partial charge in [0.1, 0.15) is 11.6 Å². The highest BCUT2D eigenvalue weighted by Crippen LogP contribution is 2.26. The van der Waals surface area contributed by atoms with E-state index in [4.69, 9.17) is 0 Å². The summed E-state index contributed by atoms with van der Waals surface area (Å²) in [5, 5.41) is 0. The summed E-state index contributed by atoms with van der Waals surface area (Å²) in [6, 6.07) is 11.1. The second kappa shape index (κ2) is 5.76. The molecule has 0 unspecified atom stereocenters. The first kappa shape index (κ1) is 12.7. The third-order valence-electron chi connectivity index (χ3n) is 3.02. The van der Waals surface area contributed by atoms with Crippen LogP contribution in [0.2, 0.25) is 0 Å². The van der Waals surface area contributed by atoms with Crippen LogP contribution in [0.15, 0.2) is 42.5 Å². The fourth-order valence-corrected chi connectivity index (χ4v) is 2.05. The quantitative estimate of drug-likeness (QED) is 0.714. The number of hydrogen-bond acceptors (Lipinski definition) is 0. The summed E-state index contributed by atoms with van der Waals surface area (Å²) in [5.74, 6) is -0.470. The number of unbranched alkanes of at least 4 members (excludes halogenated alkanes) is 1. The summed E-state index contributed by atoms with van der Waals surface area (Å²) in [7, 11) is 0. The first-order valence-electron chi connectivity index (χ1n) is 6.25. The van der Waals surface area contributed by atoms with Gasteiger partial charge in [-0.2, -0.15) is 0 Å². The maximum atomic E-state index is 13.3. The summed E-state index contributed by atoms with van der Waals surface area (Å²) >= 11 is 0. The molecule has 0 aliphatic heterocycles. The van der Waals surface area contributed by atoms with E-state index in [9.17, 15) is 8.78 Å². The van der Waals surface area contributed by atoms with Crippen LogP contribution in [0, 0.1) is 11.6 Å². The lowest BCUT2D eigenvalue weighted by Crippen LogP contribution is -1.92. The fraction of sp³-hybridized carbons (Fsp3) is 0.250. The van der Waals surface area contributed by atoms with Crippen LogP contribution in [0.25, 0.3) is 11.1 Å². The van der Waals surface area contributed by atoms with E-state index in [0.29, 0.717) is 0 Å². The minimum absolute atomic E-state index is 0.216. The molecule has 0 aromatic heterocycles. The van der Waals surface area contributed by atoms with Crippen LogP contribution in [0.4, 0.5) is 8.78 Å². The molecule has 2 rings (SSSR count). The van der Waals surface area contributed by atoms with Gasteiger partial charge in [0.15, 0.2) is 0 Å². The van der Waals surface area contributed by atoms with Crippen LogP contribution in [0.3, 0.4) is 0 Å². The van der Waals surface area contributed by atoms with Crippen molar-refractivity contribution < 1.29 is 8.78 Å². The molecule has 0 radical (unpaired) electrons. The van der Waals surface area contributed by atoms with Crippen molar-refractivity contribution in [2.45, 2.75) is 26.2 Å². The molecule has 0 fully saturated rings. The topological polar surface area (TPSA) is 0 Å². The highest BCUT2D eigenvalue weighted by molar-refractivity contribution is 5.67. The molecule has 2 aromatic carbocycles. The summed E-state index contributed by atoms with van der Waals surface area (Å²) in [6.07, 6.45) is 2.94. The van der Waals surface area contributed by atoms with Gasteiger partial charge in [-0.25, -0.2) is 8.78 Å². The summed E-state index contributed by atoms with van der Waals surface area (Å²) in [4.78, 5) is 0. The normalized spacial score (nSPS) is 10.6. The fourth-order valence-electron chi connectivity index (χ4n) is 2.05. The first-order valence-corrected chi connectivity index (χ1v) is 6.25. The van der Waals surface area contributed by atoms with Crippen molar-refractivity contribution in [1.82, 2.24) is 0 Å². The van der Waals surface area contributed by atoms with E-state index in [1.54, 1.807) is 24.3 Å². The van der Waals surface area contributed by atoms with Crippen LogP contribution in [0.5, 0.6) is 0 Å². The summed E-state index contributed by atoms with van der Waals surface area (Å²) < 4.78 is 26.2. The smallest absolute Gasteiger partial charge is 0.123 e. The first-order chi connectivity index (χ1) is 8.70. The molecule has 0 aliphatic rings. The lowest BCUT2D eigenvalue weighted by Gasteiger charge is -2.09. The Morgan fingerprint density at radius 3 is 2.22 bits per heavy atom. The Hall–Kier alpha value is -1.70. The second-order valence-corrected chi connectivity index (χ2v) is 4.41. The minimum atomic E-state index is -0.254. The molecule has 2 aromatic rings. The van der Waals surface area contributed by atoms with E-state index in [0.717, 1.165) is 36.0 Å². The van der Waals surface area contributed by atoms with Gasteiger partial charge >= 0.3 is 0 Å². The van der Waals surface area contributed by atoms with Gasteiger partial charge in [0.2, 0.25) is 0 Å². The van der Waals surface area contributed by atoms with Crippen LogP contribution >= 0.6 is 0 Å². The highest BCUT2D eigenvalue weighted by atomic mass is 19.1. The van der Waals surface area contributed by atoms with Crippen molar-refractivity contribution in [1.29, 1.82) is 0 Å². The molecule has 94 valence electrons. The Morgan fingerprint density at radius 1 is 0.889 bits per heavy atom. The zero-order valence-corrected chi connectivity index (χ0v) is 10.4. The van der Waals surface area contributed by atoms with Crippen molar-refractivity contribution in [3.8, 4) is 11.1 Å². The molecule has 0 atom stereocenters. The molecule has 18 heavy (non-hydrogen) atoms. The molecule has 0 amide bonds. The zero-order valence-electron chi connectivity index (χ0n) is 10.4. The van der Waals surface area contributed by atoms with Crippen molar-refractivity contribution in [3.05, 3.63) is 59.7 Å². The van der Waals surface area contributed by atoms with E-state index in [1.807, 2.05) is 0 Å². The minimum Gasteiger partial charge on any atom is -0.207 e. The third-order valence-corrected chi connectivity index (χ3v) is 3.02. The largest absolute Gasteiger partial charge is 0.207 e. The number of rotatable bonds is 4. The Bertz CT molecular complexity index is 515. The standard InChI is InChI=1S/C16H16F2/c1-2-3-4-13-11-15(18)9-10-16(13)12-5-7-14(17)8-6-12/h5-11H,2-4H2,1H3. The third kappa shape index (κ3) is 2.95. The maximum Gasteiger partial charge on any atom is 0.123 e. The molecule has 0 spiro atoms. The highest BCUT2D eigenvalue weighted by Gasteiger charge is 2.06. The predicted octanol–water partition coefficient (Wildman–Crippen LogP) is 4.97. The van der Waals surface area contributed by atoms with Crippen LogP contribution < -0.4 is 0 Å². The number of hydrogen-bond donors (Lipinski definition) is 0. The monoisotopic (exact) mass is 246 g/mol. The van der Waals surface area contributed by atoms with E-state index in [-0.39, 0.29) is 11.6 Å². The zero-order chi connectivity index (χ0) is 13.0. The van der Waals surface area contributed by atoms with E-state index < -0.39 is 0 Å². The lowest BCUT2D eigenvalue weighted by atomic mass is 9.96. The molecule has 0 N–H and O–H groups in total. The Kier molecular flexibility index (Phi) is 4.08. The van der Waals surface area contributed by atoms with Gasteiger partial charge < -0.3 is 0 Å². The average Bonchev–Trinajstić information content (AvgIpc) is 2.38. The number of halogens is 2. The number of benzene rings is 2. The van der Waals surface area contributed by atoms with Gasteiger partial charge in [-0.05, 0) is 53.8 Å². The van der Waals surface area contributed by atoms with Crippen molar-refractivity contribution in [2.75, 3.05) is 0 Å². The molecular formula is C16H16F2. The lowest BCUT2D eigenvalue weighted by molar-refractivity contribution is 0.624. The van der Waals surface area contributed by atoms with Gasteiger partial charge in [0.05, 0.1) is 0 Å². The van der Waals surface area contributed by atoms with Gasteiger partial charge in [-0.3, -0.25) is 0 Å². The van der Waals surface area contributed by atoms with Gasteiger partial charge in [0.25, 0.3) is 0 Å². The summed E-state index contributed by atoms with van der Waals surface area (Å²) in [5.41, 5.74) is 2.91. The Morgan fingerprint density at radius 2 is 1.56 bits per heavy atom. The van der Waals surface area contributed by atoms with Crippen LogP contribution in [-0.4, -0.2) is 0 Å². The van der Waals surface area contributed by atoms with E-state index >= 15 is 0 Å². The molecule has 0 aliphatic carbocycles. The molecule has 0 saturated heterocycles. The molecular weight excluding hydrogens is 230 g/mol. The summed E-state index contributed by atoms with van der Waals surface area (Å²) in [6.45, 7) is 2.11. The van der Waals surface area contributed by atoms with E-state index in [2.05, 4.69) is 6.92 Å². The average molecular weight is 246 g/mol. The SMILES string of the molecule is CCCCc1cc(F)ccc1-c1ccc(F)cc1.